The van der Waals surface area contributed by atoms with Crippen molar-refractivity contribution in [3.05, 3.63) is 17.5 Å². The molecule has 4 N–H and O–H groups in total. The van der Waals surface area contributed by atoms with Crippen LogP contribution in [0.15, 0.2) is 6.20 Å². The molecule has 0 spiro atoms. The zero-order valence-corrected chi connectivity index (χ0v) is 9.64. The molecule has 6 heteroatoms. The fraction of sp³-hybridized carbons (Fsp3) is 0.700. The van der Waals surface area contributed by atoms with Crippen molar-refractivity contribution in [1.29, 1.82) is 0 Å². The van der Waals surface area contributed by atoms with Crippen LogP contribution in [-0.2, 0) is 13.6 Å². The van der Waals surface area contributed by atoms with Crippen molar-refractivity contribution in [2.24, 2.45) is 7.05 Å². The van der Waals surface area contributed by atoms with E-state index in [0.29, 0.717) is 6.54 Å². The lowest BCUT2D eigenvalue weighted by Gasteiger charge is -2.28. The summed E-state index contributed by atoms with van der Waals surface area (Å²) in [6.45, 7) is 1.37. The number of rotatable bonds is 6. The number of hydrogen-bond acceptors (Lipinski definition) is 5. The standard InChI is InChI=1S/C10H19N3O3/c1-8-9(4-13(2)12-8)3-11-10(5-14,6-15)7-16/h4,11,14-16H,3,5-7H2,1-2H3. The minimum Gasteiger partial charge on any atom is -0.394 e. The van der Waals surface area contributed by atoms with Crippen molar-refractivity contribution in [2.45, 2.75) is 19.0 Å². The quantitative estimate of drug-likeness (QED) is 0.478. The van der Waals surface area contributed by atoms with Crippen molar-refractivity contribution in [3.63, 3.8) is 0 Å². The molecular formula is C10H19N3O3. The molecule has 0 aromatic carbocycles. The van der Waals surface area contributed by atoms with Crippen molar-refractivity contribution in [3.8, 4) is 0 Å². The minimum absolute atomic E-state index is 0.320. The molecule has 0 unspecified atom stereocenters. The number of aliphatic hydroxyl groups is 3. The van der Waals surface area contributed by atoms with Crippen LogP contribution in [0.25, 0.3) is 0 Å². The van der Waals surface area contributed by atoms with E-state index in [9.17, 15) is 0 Å². The molecule has 0 bridgehead atoms. The van der Waals surface area contributed by atoms with E-state index in [-0.39, 0.29) is 19.8 Å². The van der Waals surface area contributed by atoms with Crippen LogP contribution in [0.2, 0.25) is 0 Å². The maximum Gasteiger partial charge on any atom is 0.0884 e. The van der Waals surface area contributed by atoms with E-state index in [2.05, 4.69) is 10.4 Å². The molecule has 92 valence electrons. The number of aromatic nitrogens is 2. The van der Waals surface area contributed by atoms with Crippen molar-refractivity contribution in [2.75, 3.05) is 19.8 Å². The number of hydrogen-bond donors (Lipinski definition) is 4. The van der Waals surface area contributed by atoms with Gasteiger partial charge >= 0.3 is 0 Å². The molecule has 0 saturated heterocycles. The molecule has 1 heterocycles. The smallest absolute Gasteiger partial charge is 0.0884 e. The van der Waals surface area contributed by atoms with Gasteiger partial charge < -0.3 is 20.6 Å². The highest BCUT2D eigenvalue weighted by atomic mass is 16.3. The first-order valence-electron chi connectivity index (χ1n) is 5.13. The fourth-order valence-electron chi connectivity index (χ4n) is 1.42. The average molecular weight is 229 g/mol. The van der Waals surface area contributed by atoms with Gasteiger partial charge in [-0.3, -0.25) is 4.68 Å². The van der Waals surface area contributed by atoms with Crippen molar-refractivity contribution in [1.82, 2.24) is 15.1 Å². The van der Waals surface area contributed by atoms with Gasteiger partial charge in [0.25, 0.3) is 0 Å². The maximum atomic E-state index is 9.13. The Morgan fingerprint density at radius 1 is 1.31 bits per heavy atom. The van der Waals surface area contributed by atoms with Gasteiger partial charge in [-0.05, 0) is 6.92 Å². The van der Waals surface area contributed by atoms with Crippen LogP contribution in [-0.4, -0.2) is 50.5 Å². The van der Waals surface area contributed by atoms with Crippen LogP contribution in [0.1, 0.15) is 11.3 Å². The Morgan fingerprint density at radius 3 is 2.25 bits per heavy atom. The number of aliphatic hydroxyl groups excluding tert-OH is 3. The highest BCUT2D eigenvalue weighted by molar-refractivity contribution is 5.15. The van der Waals surface area contributed by atoms with Crippen LogP contribution in [0.5, 0.6) is 0 Å². The largest absolute Gasteiger partial charge is 0.394 e. The normalized spacial score (nSPS) is 12.1. The van der Waals surface area contributed by atoms with Crippen LogP contribution >= 0.6 is 0 Å². The average Bonchev–Trinajstić information content (AvgIpc) is 2.60. The van der Waals surface area contributed by atoms with Crippen LogP contribution in [0, 0.1) is 6.92 Å². The van der Waals surface area contributed by atoms with Gasteiger partial charge in [0.15, 0.2) is 0 Å². The summed E-state index contributed by atoms with van der Waals surface area (Å²) >= 11 is 0. The summed E-state index contributed by atoms with van der Waals surface area (Å²) in [5.74, 6) is 0. The highest BCUT2D eigenvalue weighted by Crippen LogP contribution is 2.08. The van der Waals surface area contributed by atoms with Gasteiger partial charge in [-0.2, -0.15) is 5.10 Å². The van der Waals surface area contributed by atoms with Gasteiger partial charge in [0.1, 0.15) is 0 Å². The third kappa shape index (κ3) is 2.79. The second-order valence-corrected chi connectivity index (χ2v) is 4.02. The molecule has 1 rings (SSSR count). The van der Waals surface area contributed by atoms with E-state index >= 15 is 0 Å². The number of nitrogens with zero attached hydrogens (tertiary/aromatic N) is 2. The van der Waals surface area contributed by atoms with Gasteiger partial charge in [-0.1, -0.05) is 0 Å². The lowest BCUT2D eigenvalue weighted by Crippen LogP contribution is -2.54. The Balaban J connectivity index is 2.65. The summed E-state index contributed by atoms with van der Waals surface area (Å²) < 4.78 is 1.70. The first kappa shape index (κ1) is 13.1. The second-order valence-electron chi connectivity index (χ2n) is 4.02. The number of nitrogens with one attached hydrogen (secondary N) is 1. The first-order valence-corrected chi connectivity index (χ1v) is 5.13. The Labute approximate surface area is 94.5 Å². The lowest BCUT2D eigenvalue weighted by molar-refractivity contribution is 0.0413. The summed E-state index contributed by atoms with van der Waals surface area (Å²) in [5.41, 5.74) is 0.822. The zero-order chi connectivity index (χ0) is 12.2. The van der Waals surface area contributed by atoms with E-state index < -0.39 is 5.54 Å². The van der Waals surface area contributed by atoms with Crippen LogP contribution < -0.4 is 5.32 Å². The summed E-state index contributed by atoms with van der Waals surface area (Å²) in [4.78, 5) is 0. The van der Waals surface area contributed by atoms with Gasteiger partial charge in [0, 0.05) is 25.4 Å². The van der Waals surface area contributed by atoms with Crippen LogP contribution in [0.3, 0.4) is 0 Å². The van der Waals surface area contributed by atoms with E-state index in [1.54, 1.807) is 4.68 Å². The van der Waals surface area contributed by atoms with E-state index in [4.69, 9.17) is 15.3 Å². The van der Waals surface area contributed by atoms with Crippen molar-refractivity contribution >= 4 is 0 Å². The molecule has 0 saturated carbocycles. The third-order valence-electron chi connectivity index (χ3n) is 2.68. The van der Waals surface area contributed by atoms with E-state index in [0.717, 1.165) is 11.3 Å². The van der Waals surface area contributed by atoms with Gasteiger partial charge in [-0.25, -0.2) is 0 Å². The predicted molar refractivity (Wildman–Crippen MR) is 58.8 cm³/mol. The van der Waals surface area contributed by atoms with Crippen molar-refractivity contribution < 1.29 is 15.3 Å². The summed E-state index contributed by atoms with van der Waals surface area (Å²) in [6.07, 6.45) is 1.86. The van der Waals surface area contributed by atoms with E-state index in [1.807, 2.05) is 20.2 Å². The fourth-order valence-corrected chi connectivity index (χ4v) is 1.42. The molecule has 0 amide bonds. The monoisotopic (exact) mass is 229 g/mol. The molecule has 16 heavy (non-hydrogen) atoms. The maximum absolute atomic E-state index is 9.13. The molecule has 0 aliphatic heterocycles. The summed E-state index contributed by atoms with van der Waals surface area (Å²) in [6, 6.07) is 0. The second kappa shape index (κ2) is 5.40. The van der Waals surface area contributed by atoms with Gasteiger partial charge in [0.05, 0.1) is 31.1 Å². The molecule has 6 nitrogen and oxygen atoms in total. The zero-order valence-electron chi connectivity index (χ0n) is 9.64. The highest BCUT2D eigenvalue weighted by Gasteiger charge is 2.27. The molecule has 0 aliphatic rings. The molecule has 1 aromatic heterocycles. The topological polar surface area (TPSA) is 90.5 Å². The molecular weight excluding hydrogens is 210 g/mol. The lowest BCUT2D eigenvalue weighted by atomic mass is 10.0. The molecule has 0 atom stereocenters. The molecule has 0 fully saturated rings. The van der Waals surface area contributed by atoms with Gasteiger partial charge in [0.2, 0.25) is 0 Å². The summed E-state index contributed by atoms with van der Waals surface area (Å²) in [7, 11) is 1.83. The Bertz CT molecular complexity index is 326. The predicted octanol–water partition coefficient (Wildman–Crippen LogP) is -1.47. The third-order valence-corrected chi connectivity index (χ3v) is 2.68. The molecule has 0 radical (unpaired) electrons. The van der Waals surface area contributed by atoms with E-state index in [1.165, 1.54) is 0 Å². The molecule has 1 aromatic rings. The first-order chi connectivity index (χ1) is 7.56. The Hall–Kier alpha value is -0.950. The van der Waals surface area contributed by atoms with Crippen LogP contribution in [0.4, 0.5) is 0 Å². The minimum atomic E-state index is -1.04. The Kier molecular flexibility index (Phi) is 4.43. The summed E-state index contributed by atoms with van der Waals surface area (Å²) in [5, 5.41) is 34.5. The SMILES string of the molecule is Cc1nn(C)cc1CNC(CO)(CO)CO. The number of aryl methyl sites for hydroxylation is 2. The molecule has 0 aliphatic carbocycles. The van der Waals surface area contributed by atoms with Gasteiger partial charge in [-0.15, -0.1) is 0 Å². The Morgan fingerprint density at radius 2 is 1.88 bits per heavy atom.